The molecule has 1 N–H and O–H groups in total. The van der Waals surface area contributed by atoms with E-state index in [1.54, 1.807) is 4.68 Å². The molecule has 4 nitrogen and oxygen atoms in total. The van der Waals surface area contributed by atoms with Crippen LogP contribution in [0, 0.1) is 5.41 Å². The molecule has 0 saturated heterocycles. The molecule has 0 aliphatic carbocycles. The third-order valence-corrected chi connectivity index (χ3v) is 3.07. The minimum absolute atomic E-state index is 0.603. The first-order valence-electron chi connectivity index (χ1n) is 5.64. The summed E-state index contributed by atoms with van der Waals surface area (Å²) < 4.78 is 1.79. The molecule has 0 atom stereocenters. The van der Waals surface area contributed by atoms with Crippen LogP contribution in [-0.4, -0.2) is 20.5 Å². The zero-order chi connectivity index (χ0) is 11.8. The molecule has 0 bridgehead atoms. The summed E-state index contributed by atoms with van der Waals surface area (Å²) in [7, 11) is 1.91. The first kappa shape index (κ1) is 10.1. The van der Waals surface area contributed by atoms with Gasteiger partial charge < -0.3 is 4.90 Å². The molecule has 1 aromatic carbocycles. The lowest BCUT2D eigenvalue weighted by molar-refractivity contribution is 0.414. The third-order valence-electron chi connectivity index (χ3n) is 3.07. The van der Waals surface area contributed by atoms with Crippen molar-refractivity contribution in [1.82, 2.24) is 14.7 Å². The average molecular weight is 226 g/mol. The lowest BCUT2D eigenvalue weighted by Crippen LogP contribution is -2.23. The van der Waals surface area contributed by atoms with Crippen LogP contribution in [0.25, 0.3) is 0 Å². The largest absolute Gasteiger partial charge is 0.346 e. The number of amidine groups is 1. The summed E-state index contributed by atoms with van der Waals surface area (Å²) in [6, 6.07) is 10.1. The summed E-state index contributed by atoms with van der Waals surface area (Å²) in [5.41, 5.74) is 3.28. The summed E-state index contributed by atoms with van der Waals surface area (Å²) in [5, 5.41) is 12.5. The number of aryl methyl sites for hydroxylation is 1. The zero-order valence-corrected chi connectivity index (χ0v) is 9.72. The van der Waals surface area contributed by atoms with Gasteiger partial charge in [0, 0.05) is 25.4 Å². The van der Waals surface area contributed by atoms with Crippen molar-refractivity contribution >= 4 is 5.84 Å². The lowest BCUT2D eigenvalue weighted by atomic mass is 10.1. The van der Waals surface area contributed by atoms with E-state index >= 15 is 0 Å². The second-order valence-electron chi connectivity index (χ2n) is 4.34. The van der Waals surface area contributed by atoms with Gasteiger partial charge >= 0.3 is 0 Å². The molecule has 17 heavy (non-hydrogen) atoms. The summed E-state index contributed by atoms with van der Waals surface area (Å²) >= 11 is 0. The molecule has 2 heterocycles. The second-order valence-corrected chi connectivity index (χ2v) is 4.34. The minimum atomic E-state index is 0.603. The van der Waals surface area contributed by atoms with Crippen molar-refractivity contribution in [3.05, 3.63) is 53.3 Å². The van der Waals surface area contributed by atoms with E-state index in [0.29, 0.717) is 12.4 Å². The van der Waals surface area contributed by atoms with E-state index in [9.17, 15) is 0 Å². The van der Waals surface area contributed by atoms with Gasteiger partial charge in [-0.25, -0.2) is 0 Å². The van der Waals surface area contributed by atoms with E-state index < -0.39 is 0 Å². The Balaban J connectivity index is 1.82. The molecule has 3 rings (SSSR count). The monoisotopic (exact) mass is 226 g/mol. The van der Waals surface area contributed by atoms with E-state index in [-0.39, 0.29) is 0 Å². The maximum absolute atomic E-state index is 8.14. The molecule has 0 saturated carbocycles. The molecular formula is C13H14N4. The molecular weight excluding hydrogens is 212 g/mol. The minimum Gasteiger partial charge on any atom is -0.346 e. The van der Waals surface area contributed by atoms with Crippen molar-refractivity contribution in [2.75, 3.05) is 0 Å². The number of nitrogens with zero attached hydrogens (tertiary/aromatic N) is 3. The van der Waals surface area contributed by atoms with Gasteiger partial charge in [0.1, 0.15) is 5.84 Å². The summed E-state index contributed by atoms with van der Waals surface area (Å²) in [6.07, 6.45) is 1.93. The first-order valence-corrected chi connectivity index (χ1v) is 5.64. The average Bonchev–Trinajstić information content (AvgIpc) is 2.86. The maximum atomic E-state index is 8.14. The molecule has 2 aromatic rings. The summed E-state index contributed by atoms with van der Waals surface area (Å²) in [6.45, 7) is 1.51. The highest BCUT2D eigenvalue weighted by Crippen LogP contribution is 2.23. The third kappa shape index (κ3) is 1.71. The Bertz CT molecular complexity index is 570. The predicted molar refractivity (Wildman–Crippen MR) is 65.7 cm³/mol. The summed E-state index contributed by atoms with van der Waals surface area (Å²) in [5.74, 6) is 0.603. The fourth-order valence-corrected chi connectivity index (χ4v) is 2.22. The van der Waals surface area contributed by atoms with Crippen LogP contribution in [0.4, 0.5) is 0 Å². The number of fused-ring (bicyclic) bond motifs is 1. The van der Waals surface area contributed by atoms with Crippen molar-refractivity contribution in [2.24, 2.45) is 7.05 Å². The molecule has 0 unspecified atom stereocenters. The number of hydrogen-bond acceptors (Lipinski definition) is 2. The van der Waals surface area contributed by atoms with Crippen LogP contribution >= 0.6 is 0 Å². The SMILES string of the molecule is Cn1ccc(CN2Cc3ccccc3C2=N)n1. The van der Waals surface area contributed by atoms with Gasteiger partial charge in [-0.05, 0) is 11.6 Å². The van der Waals surface area contributed by atoms with Crippen molar-refractivity contribution in [3.8, 4) is 0 Å². The van der Waals surface area contributed by atoms with Crippen LogP contribution in [0.1, 0.15) is 16.8 Å². The lowest BCUT2D eigenvalue weighted by Gasteiger charge is -2.15. The van der Waals surface area contributed by atoms with E-state index in [1.165, 1.54) is 5.56 Å². The van der Waals surface area contributed by atoms with Gasteiger partial charge in [-0.15, -0.1) is 0 Å². The van der Waals surface area contributed by atoms with E-state index in [1.807, 2.05) is 42.4 Å². The Hall–Kier alpha value is -2.10. The van der Waals surface area contributed by atoms with Gasteiger partial charge in [0.05, 0.1) is 12.2 Å². The van der Waals surface area contributed by atoms with E-state index in [2.05, 4.69) is 11.2 Å². The number of nitrogens with one attached hydrogen (secondary N) is 1. The fraction of sp³-hybridized carbons (Fsp3) is 0.231. The fourth-order valence-electron chi connectivity index (χ4n) is 2.22. The second kappa shape index (κ2) is 3.73. The molecule has 0 spiro atoms. The highest BCUT2D eigenvalue weighted by Gasteiger charge is 2.23. The van der Waals surface area contributed by atoms with E-state index in [4.69, 9.17) is 5.41 Å². The van der Waals surface area contributed by atoms with Gasteiger partial charge in [0.2, 0.25) is 0 Å². The number of rotatable bonds is 2. The number of hydrogen-bond donors (Lipinski definition) is 1. The van der Waals surface area contributed by atoms with Crippen molar-refractivity contribution in [1.29, 1.82) is 5.41 Å². The standard InChI is InChI=1S/C13H14N4/c1-16-7-6-11(15-16)9-17-8-10-4-2-3-5-12(10)13(17)14/h2-7,14H,8-9H2,1H3. The van der Waals surface area contributed by atoms with E-state index in [0.717, 1.165) is 17.8 Å². The molecule has 0 radical (unpaired) electrons. The Labute approximate surface area is 100.0 Å². The smallest absolute Gasteiger partial charge is 0.129 e. The first-order chi connectivity index (χ1) is 8.24. The Kier molecular flexibility index (Phi) is 2.21. The number of benzene rings is 1. The molecule has 1 aliphatic rings. The van der Waals surface area contributed by atoms with Gasteiger partial charge in [0.15, 0.2) is 0 Å². The van der Waals surface area contributed by atoms with Gasteiger partial charge in [-0.2, -0.15) is 5.10 Å². The van der Waals surface area contributed by atoms with Gasteiger partial charge in [-0.3, -0.25) is 10.1 Å². The maximum Gasteiger partial charge on any atom is 0.129 e. The molecule has 1 aliphatic heterocycles. The predicted octanol–water partition coefficient (Wildman–Crippen LogP) is 1.76. The molecule has 1 aromatic heterocycles. The molecule has 86 valence electrons. The highest BCUT2D eigenvalue weighted by atomic mass is 15.3. The normalized spacial score (nSPS) is 14.2. The van der Waals surface area contributed by atoms with Gasteiger partial charge in [-0.1, -0.05) is 24.3 Å². The molecule has 0 fully saturated rings. The quantitative estimate of drug-likeness (QED) is 0.848. The van der Waals surface area contributed by atoms with Crippen LogP contribution < -0.4 is 0 Å². The van der Waals surface area contributed by atoms with Crippen LogP contribution in [0.15, 0.2) is 36.5 Å². The van der Waals surface area contributed by atoms with Crippen LogP contribution in [0.2, 0.25) is 0 Å². The Morgan fingerprint density at radius 2 is 2.12 bits per heavy atom. The summed E-state index contributed by atoms with van der Waals surface area (Å²) in [4.78, 5) is 2.05. The van der Waals surface area contributed by atoms with Crippen molar-refractivity contribution in [3.63, 3.8) is 0 Å². The van der Waals surface area contributed by atoms with Crippen LogP contribution in [-0.2, 0) is 20.1 Å². The molecule has 0 amide bonds. The van der Waals surface area contributed by atoms with Crippen molar-refractivity contribution < 1.29 is 0 Å². The van der Waals surface area contributed by atoms with Crippen molar-refractivity contribution in [2.45, 2.75) is 13.1 Å². The zero-order valence-electron chi connectivity index (χ0n) is 9.72. The Morgan fingerprint density at radius 3 is 2.82 bits per heavy atom. The highest BCUT2D eigenvalue weighted by molar-refractivity contribution is 6.00. The van der Waals surface area contributed by atoms with Gasteiger partial charge in [0.25, 0.3) is 0 Å². The topological polar surface area (TPSA) is 44.9 Å². The Morgan fingerprint density at radius 1 is 1.29 bits per heavy atom. The van der Waals surface area contributed by atoms with Crippen LogP contribution in [0.3, 0.4) is 0 Å². The van der Waals surface area contributed by atoms with Crippen LogP contribution in [0.5, 0.6) is 0 Å². The number of aromatic nitrogens is 2. The molecule has 4 heteroatoms.